The minimum atomic E-state index is -0.0952. The zero-order valence-corrected chi connectivity index (χ0v) is 27.4. The first-order valence-electron chi connectivity index (χ1n) is 15.9. The summed E-state index contributed by atoms with van der Waals surface area (Å²) < 4.78 is 0. The van der Waals surface area contributed by atoms with Crippen molar-refractivity contribution in [1.29, 1.82) is 0 Å². The lowest BCUT2D eigenvalue weighted by molar-refractivity contribution is 1.07. The fourth-order valence-corrected chi connectivity index (χ4v) is 5.20. The van der Waals surface area contributed by atoms with Gasteiger partial charge in [0.2, 0.25) is 0 Å². The second-order valence-corrected chi connectivity index (χ2v) is 10.8. The summed E-state index contributed by atoms with van der Waals surface area (Å²) in [6.07, 6.45) is 37.8. The van der Waals surface area contributed by atoms with Gasteiger partial charge in [-0.3, -0.25) is 9.97 Å². The molecule has 1 unspecified atom stereocenters. The number of allylic oxidation sites excluding steroid dienone is 18. The molecular weight excluding hydrogens is 569 g/mol. The molecular formula is C45H42N2. The van der Waals surface area contributed by atoms with Gasteiger partial charge in [0.05, 0.1) is 5.92 Å². The number of aromatic nitrogens is 2. The number of pyridine rings is 2. The van der Waals surface area contributed by atoms with E-state index in [2.05, 4.69) is 127 Å². The average Bonchev–Trinajstić information content (AvgIpc) is 3.10. The molecule has 1 atom stereocenters. The maximum absolute atomic E-state index is 4.38. The molecule has 0 N–H and O–H groups in total. The molecule has 2 heterocycles. The van der Waals surface area contributed by atoms with Crippen LogP contribution in [0.4, 0.5) is 0 Å². The van der Waals surface area contributed by atoms with E-state index in [-0.39, 0.29) is 5.92 Å². The Balaban J connectivity index is 1.89. The number of hydrogen-bond donors (Lipinski definition) is 0. The van der Waals surface area contributed by atoms with Crippen LogP contribution in [0.3, 0.4) is 0 Å². The topological polar surface area (TPSA) is 25.8 Å². The van der Waals surface area contributed by atoms with Crippen LogP contribution in [0.25, 0.3) is 22.8 Å². The zero-order valence-electron chi connectivity index (χ0n) is 27.4. The Morgan fingerprint density at radius 3 is 2.43 bits per heavy atom. The third-order valence-electron chi connectivity index (χ3n) is 7.61. The Morgan fingerprint density at radius 1 is 0.915 bits per heavy atom. The summed E-state index contributed by atoms with van der Waals surface area (Å²) in [5.41, 5.74) is 10.9. The first kappa shape index (κ1) is 34.1. The summed E-state index contributed by atoms with van der Waals surface area (Å²) in [5, 5.41) is 0. The molecule has 0 saturated heterocycles. The van der Waals surface area contributed by atoms with E-state index in [1.807, 2.05) is 61.8 Å². The summed E-state index contributed by atoms with van der Waals surface area (Å²) >= 11 is 0. The Hall–Kier alpha value is -5.78. The monoisotopic (exact) mass is 610 g/mol. The van der Waals surface area contributed by atoms with Gasteiger partial charge in [-0.25, -0.2) is 0 Å². The van der Waals surface area contributed by atoms with E-state index in [0.717, 1.165) is 62.1 Å². The van der Waals surface area contributed by atoms with Crippen molar-refractivity contribution in [3.8, 4) is 23.0 Å². The highest BCUT2D eigenvalue weighted by molar-refractivity contribution is 5.81. The van der Waals surface area contributed by atoms with Crippen LogP contribution >= 0.6 is 0 Å². The molecule has 2 nitrogen and oxygen atoms in total. The SMILES string of the molecule is C=C\C=C/C(=C\C)C1=C/C(C(=C\CC=C)/C=C/c2cc(/C(C=C)=C/C=C\C)cc(-c3cccnc3)c2)=C\C(c2cccnc2)C#CC\1. The van der Waals surface area contributed by atoms with E-state index in [9.17, 15) is 0 Å². The van der Waals surface area contributed by atoms with Crippen LogP contribution in [0.2, 0.25) is 0 Å². The largest absolute Gasteiger partial charge is 0.264 e. The van der Waals surface area contributed by atoms with Gasteiger partial charge < -0.3 is 0 Å². The van der Waals surface area contributed by atoms with Crippen molar-refractivity contribution < 1.29 is 0 Å². The molecule has 1 aliphatic rings. The van der Waals surface area contributed by atoms with Crippen LogP contribution in [0.15, 0.2) is 188 Å². The van der Waals surface area contributed by atoms with Crippen LogP contribution in [0.1, 0.15) is 49.3 Å². The molecule has 2 heteroatoms. The predicted molar refractivity (Wildman–Crippen MR) is 203 cm³/mol. The number of nitrogens with zero attached hydrogens (tertiary/aromatic N) is 2. The molecule has 1 aromatic carbocycles. The van der Waals surface area contributed by atoms with Gasteiger partial charge >= 0.3 is 0 Å². The summed E-state index contributed by atoms with van der Waals surface area (Å²) in [5.74, 6) is 6.84. The van der Waals surface area contributed by atoms with Crippen molar-refractivity contribution in [3.63, 3.8) is 0 Å². The van der Waals surface area contributed by atoms with Crippen molar-refractivity contribution in [1.82, 2.24) is 9.97 Å². The summed E-state index contributed by atoms with van der Waals surface area (Å²) in [4.78, 5) is 8.75. The second kappa shape index (κ2) is 18.3. The van der Waals surface area contributed by atoms with Gasteiger partial charge in [0.25, 0.3) is 0 Å². The Bertz CT molecular complexity index is 1880. The first-order valence-corrected chi connectivity index (χ1v) is 15.9. The molecule has 0 spiro atoms. The molecule has 3 aromatic rings. The molecule has 0 aliphatic heterocycles. The van der Waals surface area contributed by atoms with Crippen molar-refractivity contribution >= 4 is 11.6 Å². The van der Waals surface area contributed by atoms with Gasteiger partial charge in [-0.2, -0.15) is 0 Å². The number of hydrogen-bond acceptors (Lipinski definition) is 2. The van der Waals surface area contributed by atoms with E-state index in [0.29, 0.717) is 6.42 Å². The molecule has 0 saturated carbocycles. The third kappa shape index (κ3) is 9.85. The van der Waals surface area contributed by atoms with Crippen LogP contribution in [-0.2, 0) is 0 Å². The normalized spacial score (nSPS) is 18.1. The lowest BCUT2D eigenvalue weighted by Gasteiger charge is -2.15. The quantitative estimate of drug-likeness (QED) is 0.109. The lowest BCUT2D eigenvalue weighted by atomic mass is 9.88. The summed E-state index contributed by atoms with van der Waals surface area (Å²) in [6, 6.07) is 14.7. The fraction of sp³-hybridized carbons (Fsp3) is 0.111. The van der Waals surface area contributed by atoms with E-state index in [1.54, 1.807) is 18.5 Å². The van der Waals surface area contributed by atoms with Gasteiger partial charge in [-0.15, -0.1) is 6.58 Å². The molecule has 0 radical (unpaired) electrons. The molecule has 232 valence electrons. The van der Waals surface area contributed by atoms with Crippen LogP contribution < -0.4 is 0 Å². The maximum Gasteiger partial charge on any atom is 0.0656 e. The second-order valence-electron chi connectivity index (χ2n) is 10.8. The number of rotatable bonds is 13. The molecule has 47 heavy (non-hydrogen) atoms. The van der Waals surface area contributed by atoms with Gasteiger partial charge in [-0.05, 0) is 107 Å². The highest BCUT2D eigenvalue weighted by Gasteiger charge is 2.13. The molecule has 0 fully saturated rings. The smallest absolute Gasteiger partial charge is 0.0656 e. The maximum atomic E-state index is 4.38. The lowest BCUT2D eigenvalue weighted by Crippen LogP contribution is -2.00. The van der Waals surface area contributed by atoms with Crippen LogP contribution in [-0.4, -0.2) is 9.97 Å². The minimum Gasteiger partial charge on any atom is -0.264 e. The molecule has 1 aliphatic carbocycles. The highest BCUT2D eigenvalue weighted by atomic mass is 14.6. The van der Waals surface area contributed by atoms with Crippen molar-refractivity contribution in [2.45, 2.75) is 32.6 Å². The number of benzene rings is 1. The first-order chi connectivity index (χ1) is 23.1. The van der Waals surface area contributed by atoms with E-state index >= 15 is 0 Å². The fourth-order valence-electron chi connectivity index (χ4n) is 5.20. The Kier molecular flexibility index (Phi) is 13.2. The highest BCUT2D eigenvalue weighted by Crippen LogP contribution is 2.31. The van der Waals surface area contributed by atoms with Crippen molar-refractivity contribution in [3.05, 3.63) is 205 Å². The predicted octanol–water partition coefficient (Wildman–Crippen LogP) is 11.5. The summed E-state index contributed by atoms with van der Waals surface area (Å²) in [6.45, 7) is 16.0. The average molecular weight is 611 g/mol. The summed E-state index contributed by atoms with van der Waals surface area (Å²) in [7, 11) is 0. The van der Waals surface area contributed by atoms with Crippen molar-refractivity contribution in [2.75, 3.05) is 0 Å². The van der Waals surface area contributed by atoms with Gasteiger partial charge in [0.1, 0.15) is 0 Å². The van der Waals surface area contributed by atoms with Gasteiger partial charge in [0, 0.05) is 36.8 Å². The van der Waals surface area contributed by atoms with Gasteiger partial charge in [0.15, 0.2) is 0 Å². The standard InChI is InChI=1S/C45H42N2/c1-6-11-17-36(9-4)39-20-14-21-40(41-22-15-26-46-33-41)31-45(30-39)38(19-13-8-3)25-24-35-28-43(37(10-5)18-12-7-2)32-44(29-35)42-23-16-27-47-34-42/h6-12,15-19,22-34,40H,1,3,5,13,20H2,2,4H3/b12-7-,17-11-,25-24+,36-9+,37-18+,38-19-,39-30+,45-31+. The Labute approximate surface area is 281 Å². The molecule has 2 aromatic heterocycles. The van der Waals surface area contributed by atoms with E-state index in [4.69, 9.17) is 0 Å². The zero-order chi connectivity index (χ0) is 33.3. The van der Waals surface area contributed by atoms with E-state index in [1.165, 1.54) is 0 Å². The van der Waals surface area contributed by atoms with Crippen LogP contribution in [0.5, 0.6) is 0 Å². The van der Waals surface area contributed by atoms with E-state index < -0.39 is 0 Å². The van der Waals surface area contributed by atoms with Crippen molar-refractivity contribution in [2.24, 2.45) is 0 Å². The van der Waals surface area contributed by atoms with Gasteiger partial charge in [-0.1, -0.05) is 116 Å². The molecule has 4 rings (SSSR count). The Morgan fingerprint density at radius 2 is 1.74 bits per heavy atom. The third-order valence-corrected chi connectivity index (χ3v) is 7.61. The molecule has 0 bridgehead atoms. The molecule has 0 amide bonds. The van der Waals surface area contributed by atoms with Crippen LogP contribution in [0, 0.1) is 11.8 Å². The minimum absolute atomic E-state index is 0.0952.